The maximum atomic E-state index is 12.5. The van der Waals surface area contributed by atoms with E-state index < -0.39 is 10.0 Å². The second-order valence-corrected chi connectivity index (χ2v) is 7.02. The van der Waals surface area contributed by atoms with Crippen molar-refractivity contribution in [2.45, 2.75) is 31.1 Å². The summed E-state index contributed by atoms with van der Waals surface area (Å²) in [5.74, 6) is 0.0733. The van der Waals surface area contributed by atoms with Gasteiger partial charge >= 0.3 is 0 Å². The van der Waals surface area contributed by atoms with Gasteiger partial charge < -0.3 is 5.11 Å². The molecule has 1 aliphatic rings. The molecule has 21 heavy (non-hydrogen) atoms. The molecule has 2 aromatic carbocycles. The first-order chi connectivity index (χ1) is 9.97. The molecule has 0 heterocycles. The minimum absolute atomic E-state index is 0.0733. The van der Waals surface area contributed by atoms with E-state index in [1.54, 1.807) is 31.2 Å². The van der Waals surface area contributed by atoms with E-state index in [-0.39, 0.29) is 10.6 Å². The Kier molecular flexibility index (Phi) is 3.37. The Hall–Kier alpha value is -2.01. The molecule has 1 aliphatic carbocycles. The van der Waals surface area contributed by atoms with Crippen LogP contribution in [0.2, 0.25) is 0 Å². The molecule has 0 bridgehead atoms. The highest BCUT2D eigenvalue weighted by Crippen LogP contribution is 2.28. The Morgan fingerprint density at radius 2 is 1.86 bits per heavy atom. The van der Waals surface area contributed by atoms with E-state index in [0.29, 0.717) is 11.3 Å². The lowest BCUT2D eigenvalue weighted by molar-refractivity contribution is 0.471. The van der Waals surface area contributed by atoms with Crippen LogP contribution in [0.5, 0.6) is 5.75 Å². The average Bonchev–Trinajstić information content (AvgIpc) is 2.91. The van der Waals surface area contributed by atoms with Gasteiger partial charge in [-0.05, 0) is 61.6 Å². The summed E-state index contributed by atoms with van der Waals surface area (Å²) in [7, 11) is -3.64. The van der Waals surface area contributed by atoms with E-state index in [0.717, 1.165) is 24.8 Å². The van der Waals surface area contributed by atoms with Gasteiger partial charge in [-0.2, -0.15) is 0 Å². The van der Waals surface area contributed by atoms with E-state index >= 15 is 0 Å². The largest absolute Gasteiger partial charge is 0.508 e. The Morgan fingerprint density at radius 3 is 2.67 bits per heavy atom. The summed E-state index contributed by atoms with van der Waals surface area (Å²) in [5.41, 5.74) is 3.27. The van der Waals surface area contributed by atoms with E-state index in [2.05, 4.69) is 4.72 Å². The number of aryl methyl sites for hydroxylation is 2. The lowest BCUT2D eigenvalue weighted by atomic mass is 10.1. The molecule has 0 aliphatic heterocycles. The molecule has 0 aromatic heterocycles. The van der Waals surface area contributed by atoms with Gasteiger partial charge in [-0.1, -0.05) is 12.1 Å². The van der Waals surface area contributed by atoms with Gasteiger partial charge in [0.05, 0.1) is 10.6 Å². The van der Waals surface area contributed by atoms with Gasteiger partial charge in [0.2, 0.25) is 0 Å². The number of hydrogen-bond acceptors (Lipinski definition) is 3. The molecular formula is C16H17NO3S. The highest BCUT2D eigenvalue weighted by molar-refractivity contribution is 7.92. The number of rotatable bonds is 3. The SMILES string of the molecule is Cc1c(O)cccc1NS(=O)(=O)c1ccc2c(c1)CCC2. The van der Waals surface area contributed by atoms with Gasteiger partial charge in [-0.15, -0.1) is 0 Å². The normalized spacial score (nSPS) is 14.0. The number of sulfonamides is 1. The van der Waals surface area contributed by atoms with Gasteiger partial charge in [0.15, 0.2) is 0 Å². The topological polar surface area (TPSA) is 66.4 Å². The number of phenols is 1. The van der Waals surface area contributed by atoms with Crippen LogP contribution in [0.25, 0.3) is 0 Å². The maximum Gasteiger partial charge on any atom is 0.261 e. The van der Waals surface area contributed by atoms with Gasteiger partial charge in [0.25, 0.3) is 10.0 Å². The molecule has 0 saturated heterocycles. The van der Waals surface area contributed by atoms with Crippen molar-refractivity contribution >= 4 is 15.7 Å². The molecule has 0 radical (unpaired) electrons. The second kappa shape index (κ2) is 5.07. The van der Waals surface area contributed by atoms with E-state index in [9.17, 15) is 13.5 Å². The van der Waals surface area contributed by atoms with Crippen molar-refractivity contribution in [3.8, 4) is 5.75 Å². The summed E-state index contributed by atoms with van der Waals surface area (Å²) in [6, 6.07) is 10.1. The molecule has 0 atom stereocenters. The van der Waals surface area contributed by atoms with Crippen molar-refractivity contribution in [3.05, 3.63) is 53.1 Å². The third-order valence-electron chi connectivity index (χ3n) is 3.93. The first-order valence-electron chi connectivity index (χ1n) is 6.90. The van der Waals surface area contributed by atoms with Crippen LogP contribution in [-0.4, -0.2) is 13.5 Å². The van der Waals surface area contributed by atoms with Crippen molar-refractivity contribution in [3.63, 3.8) is 0 Å². The highest BCUT2D eigenvalue weighted by Gasteiger charge is 2.19. The predicted octanol–water partition coefficient (Wildman–Crippen LogP) is 2.99. The van der Waals surface area contributed by atoms with Gasteiger partial charge in [-0.25, -0.2) is 8.42 Å². The summed E-state index contributed by atoms with van der Waals surface area (Å²) < 4.78 is 27.5. The van der Waals surface area contributed by atoms with Crippen LogP contribution in [0.3, 0.4) is 0 Å². The van der Waals surface area contributed by atoms with Crippen LogP contribution >= 0.6 is 0 Å². The van der Waals surface area contributed by atoms with E-state index in [1.165, 1.54) is 11.6 Å². The van der Waals surface area contributed by atoms with Crippen molar-refractivity contribution in [2.24, 2.45) is 0 Å². The maximum absolute atomic E-state index is 12.5. The van der Waals surface area contributed by atoms with Crippen LogP contribution in [-0.2, 0) is 22.9 Å². The third-order valence-corrected chi connectivity index (χ3v) is 5.29. The first kappa shape index (κ1) is 13.9. The minimum Gasteiger partial charge on any atom is -0.508 e. The molecule has 110 valence electrons. The quantitative estimate of drug-likeness (QED) is 0.916. The zero-order valence-electron chi connectivity index (χ0n) is 11.8. The standard InChI is InChI=1S/C16H17NO3S/c1-11-15(6-3-7-16(11)18)17-21(19,20)14-9-8-12-4-2-5-13(12)10-14/h3,6-10,17-18H,2,4-5H2,1H3. The summed E-state index contributed by atoms with van der Waals surface area (Å²) in [4.78, 5) is 0.269. The van der Waals surface area contributed by atoms with Crippen LogP contribution in [0.4, 0.5) is 5.69 Å². The molecule has 0 saturated carbocycles. The van der Waals surface area contributed by atoms with Crippen LogP contribution in [0.1, 0.15) is 23.1 Å². The van der Waals surface area contributed by atoms with Crippen molar-refractivity contribution in [1.29, 1.82) is 0 Å². The minimum atomic E-state index is -3.64. The number of aromatic hydroxyl groups is 1. The molecule has 2 N–H and O–H groups in total. The summed E-state index contributed by atoms with van der Waals surface area (Å²) in [5, 5.41) is 9.66. The zero-order valence-corrected chi connectivity index (χ0v) is 12.6. The molecule has 4 nitrogen and oxygen atoms in total. The fourth-order valence-electron chi connectivity index (χ4n) is 2.65. The van der Waals surface area contributed by atoms with E-state index in [1.807, 2.05) is 6.07 Å². The van der Waals surface area contributed by atoms with Crippen LogP contribution < -0.4 is 4.72 Å². The lowest BCUT2D eigenvalue weighted by Crippen LogP contribution is -2.14. The monoisotopic (exact) mass is 303 g/mol. The zero-order chi connectivity index (χ0) is 15.0. The molecule has 3 rings (SSSR count). The molecule has 0 unspecified atom stereocenters. The van der Waals surface area contributed by atoms with Gasteiger partial charge in [0.1, 0.15) is 5.75 Å². The van der Waals surface area contributed by atoms with Gasteiger partial charge in [0, 0.05) is 5.56 Å². The smallest absolute Gasteiger partial charge is 0.261 e. The van der Waals surface area contributed by atoms with Crippen LogP contribution in [0.15, 0.2) is 41.3 Å². The third kappa shape index (κ3) is 2.61. The molecule has 2 aromatic rings. The highest BCUT2D eigenvalue weighted by atomic mass is 32.2. The number of phenolic OH excluding ortho intramolecular Hbond substituents is 1. The first-order valence-corrected chi connectivity index (χ1v) is 8.39. The fraction of sp³-hybridized carbons (Fsp3) is 0.250. The van der Waals surface area contributed by atoms with Crippen molar-refractivity contribution in [1.82, 2.24) is 0 Å². The summed E-state index contributed by atoms with van der Waals surface area (Å²) in [6.45, 7) is 1.68. The Morgan fingerprint density at radius 1 is 1.10 bits per heavy atom. The lowest BCUT2D eigenvalue weighted by Gasteiger charge is -2.12. The van der Waals surface area contributed by atoms with E-state index in [4.69, 9.17) is 0 Å². The molecule has 5 heteroatoms. The Labute approximate surface area is 124 Å². The fourth-order valence-corrected chi connectivity index (χ4v) is 3.83. The predicted molar refractivity (Wildman–Crippen MR) is 82.1 cm³/mol. The van der Waals surface area contributed by atoms with Crippen LogP contribution in [0, 0.1) is 6.92 Å². The summed E-state index contributed by atoms with van der Waals surface area (Å²) in [6.07, 6.45) is 3.04. The Bertz CT molecular complexity index is 797. The van der Waals surface area contributed by atoms with Crippen molar-refractivity contribution < 1.29 is 13.5 Å². The number of hydrogen-bond donors (Lipinski definition) is 2. The average molecular weight is 303 g/mol. The number of benzene rings is 2. The number of anilines is 1. The summed E-state index contributed by atoms with van der Waals surface area (Å²) >= 11 is 0. The Balaban J connectivity index is 1.96. The van der Waals surface area contributed by atoms with Crippen molar-refractivity contribution in [2.75, 3.05) is 4.72 Å². The molecular weight excluding hydrogens is 286 g/mol. The molecule has 0 fully saturated rings. The number of fused-ring (bicyclic) bond motifs is 1. The molecule has 0 amide bonds. The number of nitrogens with one attached hydrogen (secondary N) is 1. The van der Waals surface area contributed by atoms with Gasteiger partial charge in [-0.3, -0.25) is 4.72 Å². The molecule has 0 spiro atoms. The second-order valence-electron chi connectivity index (χ2n) is 5.34.